The molecule has 7 rings (SSSR count). The first-order valence-corrected chi connectivity index (χ1v) is 20.4. The number of pyridine rings is 1. The third-order valence-electron chi connectivity index (χ3n) is 10.7. The monoisotopic (exact) mass is 766 g/mol. The van der Waals surface area contributed by atoms with Crippen molar-refractivity contribution >= 4 is 49.8 Å². The second kappa shape index (κ2) is 14.8. The van der Waals surface area contributed by atoms with Crippen molar-refractivity contribution in [3.63, 3.8) is 0 Å². The highest BCUT2D eigenvalue weighted by molar-refractivity contribution is 7.89. The van der Waals surface area contributed by atoms with Gasteiger partial charge in [0.05, 0.1) is 38.1 Å². The lowest BCUT2D eigenvalue weighted by molar-refractivity contribution is 0.0697. The molecule has 3 heterocycles. The molecular formula is C42H46N4O6S2. The molecule has 5 aromatic rings. The number of piperazine rings is 1. The van der Waals surface area contributed by atoms with Crippen molar-refractivity contribution in [2.24, 2.45) is 11.3 Å². The number of fused-ring (bicyclic) bond motifs is 2. The van der Waals surface area contributed by atoms with E-state index in [9.17, 15) is 13.2 Å². The summed E-state index contributed by atoms with van der Waals surface area (Å²) in [5.41, 5.74) is 6.88. The van der Waals surface area contributed by atoms with Crippen molar-refractivity contribution in [3.05, 3.63) is 94.0 Å². The van der Waals surface area contributed by atoms with E-state index >= 15 is 0 Å². The SMILES string of the molecule is COc1cc(/C=C2/CC(C(C)(C)C)Cc3c2nc2ccccc2c3C(=O)N2CCN(S(=O)(=O)c3csc(-c4ccccc4C)n3)CC2)cc(OC)c1OC. The van der Waals surface area contributed by atoms with Gasteiger partial charge in [-0.25, -0.2) is 18.4 Å². The van der Waals surface area contributed by atoms with Crippen LogP contribution in [0.3, 0.4) is 0 Å². The van der Waals surface area contributed by atoms with Crippen LogP contribution in [0.1, 0.15) is 59.9 Å². The molecule has 2 aromatic heterocycles. The molecule has 0 spiro atoms. The quantitative estimate of drug-likeness (QED) is 0.156. The van der Waals surface area contributed by atoms with E-state index in [0.29, 0.717) is 34.2 Å². The van der Waals surface area contributed by atoms with E-state index in [2.05, 4.69) is 31.8 Å². The number of hydrogen-bond acceptors (Lipinski definition) is 9. The molecule has 1 fully saturated rings. The molecule has 12 heteroatoms. The molecule has 2 aliphatic rings. The third kappa shape index (κ3) is 6.98. The smallest absolute Gasteiger partial charge is 0.261 e. The molecule has 1 aliphatic heterocycles. The Morgan fingerprint density at radius 1 is 0.889 bits per heavy atom. The Labute approximate surface area is 321 Å². The van der Waals surface area contributed by atoms with Crippen LogP contribution in [0, 0.1) is 18.3 Å². The van der Waals surface area contributed by atoms with E-state index in [0.717, 1.165) is 50.8 Å². The number of carbonyl (C=O) groups is 1. The average molecular weight is 767 g/mol. The number of rotatable bonds is 8. The first-order valence-electron chi connectivity index (χ1n) is 18.1. The van der Waals surface area contributed by atoms with Gasteiger partial charge in [-0.15, -0.1) is 11.3 Å². The molecule has 1 saturated heterocycles. The Morgan fingerprint density at radius 2 is 1.56 bits per heavy atom. The number of carbonyl (C=O) groups excluding carboxylic acids is 1. The van der Waals surface area contributed by atoms with Gasteiger partial charge in [-0.2, -0.15) is 4.31 Å². The Morgan fingerprint density at radius 3 is 2.20 bits per heavy atom. The van der Waals surface area contributed by atoms with Gasteiger partial charge in [-0.05, 0) is 77.6 Å². The lowest BCUT2D eigenvalue weighted by atomic mass is 9.68. The average Bonchev–Trinajstić information content (AvgIpc) is 3.67. The van der Waals surface area contributed by atoms with E-state index in [4.69, 9.17) is 19.2 Å². The lowest BCUT2D eigenvalue weighted by Crippen LogP contribution is -2.50. The minimum atomic E-state index is -3.85. The maximum absolute atomic E-state index is 14.8. The minimum absolute atomic E-state index is 0.0411. The second-order valence-corrected chi connectivity index (χ2v) is 17.7. The van der Waals surface area contributed by atoms with Crippen LogP contribution in [0.2, 0.25) is 0 Å². The van der Waals surface area contributed by atoms with E-state index in [1.54, 1.807) is 31.6 Å². The summed E-state index contributed by atoms with van der Waals surface area (Å²) < 4.78 is 45.9. The number of methoxy groups -OCH3 is 3. The fourth-order valence-corrected chi connectivity index (χ4v) is 10.1. The first-order chi connectivity index (χ1) is 25.8. The fourth-order valence-electron chi connectivity index (χ4n) is 7.50. The van der Waals surface area contributed by atoms with Crippen molar-refractivity contribution in [2.75, 3.05) is 47.5 Å². The Hall–Kier alpha value is -4.78. The number of allylic oxidation sites excluding steroid dienone is 1. The highest BCUT2D eigenvalue weighted by Gasteiger charge is 2.38. The number of para-hydroxylation sites is 1. The van der Waals surface area contributed by atoms with E-state index in [1.807, 2.05) is 67.6 Å². The zero-order valence-corrected chi connectivity index (χ0v) is 33.4. The second-order valence-electron chi connectivity index (χ2n) is 14.9. The van der Waals surface area contributed by atoms with Crippen molar-refractivity contribution in [3.8, 4) is 27.8 Å². The first kappa shape index (κ1) is 37.5. The summed E-state index contributed by atoms with van der Waals surface area (Å²) in [5, 5.41) is 3.12. The Balaban J connectivity index is 1.24. The number of sulfonamides is 1. The molecule has 0 N–H and O–H groups in total. The van der Waals surface area contributed by atoms with Gasteiger partial charge in [0.15, 0.2) is 16.5 Å². The zero-order chi connectivity index (χ0) is 38.4. The molecule has 1 atom stereocenters. The molecule has 0 bridgehead atoms. The number of hydrogen-bond donors (Lipinski definition) is 0. The number of amides is 1. The van der Waals surface area contributed by atoms with Crippen LogP contribution in [0.4, 0.5) is 0 Å². The largest absolute Gasteiger partial charge is 0.493 e. The van der Waals surface area contributed by atoms with Gasteiger partial charge in [-0.3, -0.25) is 4.79 Å². The molecule has 0 radical (unpaired) electrons. The van der Waals surface area contributed by atoms with Crippen LogP contribution >= 0.6 is 11.3 Å². The normalized spacial score (nSPS) is 17.4. The molecule has 10 nitrogen and oxygen atoms in total. The lowest BCUT2D eigenvalue weighted by Gasteiger charge is -2.38. The zero-order valence-electron chi connectivity index (χ0n) is 31.8. The number of thiazole rings is 1. The Bertz CT molecular complexity index is 2350. The van der Waals surface area contributed by atoms with Crippen molar-refractivity contribution in [1.29, 1.82) is 0 Å². The van der Waals surface area contributed by atoms with Gasteiger partial charge in [0.1, 0.15) is 5.01 Å². The van der Waals surface area contributed by atoms with Gasteiger partial charge in [0.2, 0.25) is 5.75 Å². The van der Waals surface area contributed by atoms with Crippen LogP contribution < -0.4 is 14.2 Å². The Kier molecular flexibility index (Phi) is 10.3. The van der Waals surface area contributed by atoms with Gasteiger partial charge < -0.3 is 19.1 Å². The highest BCUT2D eigenvalue weighted by Crippen LogP contribution is 2.46. The maximum Gasteiger partial charge on any atom is 0.261 e. The predicted octanol–water partition coefficient (Wildman–Crippen LogP) is 7.99. The van der Waals surface area contributed by atoms with E-state index < -0.39 is 10.0 Å². The van der Waals surface area contributed by atoms with Crippen LogP contribution in [0.15, 0.2) is 71.1 Å². The van der Waals surface area contributed by atoms with Crippen molar-refractivity contribution < 1.29 is 27.4 Å². The van der Waals surface area contributed by atoms with E-state index in [-0.39, 0.29) is 48.4 Å². The molecular weight excluding hydrogens is 721 g/mol. The van der Waals surface area contributed by atoms with Crippen molar-refractivity contribution in [2.45, 2.75) is 45.6 Å². The molecule has 1 amide bonds. The standard InChI is InChI=1S/C42H46N4O6S2/c1-26-12-8-9-13-30(26)40-44-36(25-53-40)54(48,49)46-18-16-45(17-19-46)41(47)37-31-14-10-11-15-33(31)43-38-28(23-29(24-32(37)38)42(2,3)4)20-27-21-34(50-5)39(52-7)35(22-27)51-6/h8-15,20-22,25,29H,16-19,23-24H2,1-7H3/b28-20-. The summed E-state index contributed by atoms with van der Waals surface area (Å²) in [6.45, 7) is 9.57. The molecule has 3 aromatic carbocycles. The van der Waals surface area contributed by atoms with Crippen molar-refractivity contribution in [1.82, 2.24) is 19.2 Å². The minimum Gasteiger partial charge on any atom is -0.493 e. The topological polar surface area (TPSA) is 111 Å². The van der Waals surface area contributed by atoms with Gasteiger partial charge >= 0.3 is 0 Å². The van der Waals surface area contributed by atoms with Gasteiger partial charge in [0.25, 0.3) is 15.9 Å². The molecule has 282 valence electrons. The number of ether oxygens (including phenoxy) is 3. The predicted molar refractivity (Wildman–Crippen MR) is 214 cm³/mol. The maximum atomic E-state index is 14.8. The summed E-state index contributed by atoms with van der Waals surface area (Å²) in [7, 11) is 0.933. The summed E-state index contributed by atoms with van der Waals surface area (Å²) in [6, 6.07) is 19.4. The highest BCUT2D eigenvalue weighted by atomic mass is 32.2. The van der Waals surface area contributed by atoms with Crippen LogP contribution in [0.5, 0.6) is 17.2 Å². The number of aryl methyl sites for hydroxylation is 1. The summed E-state index contributed by atoms with van der Waals surface area (Å²) in [4.78, 5) is 26.3. The molecule has 54 heavy (non-hydrogen) atoms. The number of nitrogens with zero attached hydrogens (tertiary/aromatic N) is 4. The molecule has 0 saturated carbocycles. The van der Waals surface area contributed by atoms with Gasteiger partial charge in [-0.1, -0.05) is 63.2 Å². The third-order valence-corrected chi connectivity index (χ3v) is 13.5. The summed E-state index contributed by atoms with van der Waals surface area (Å²) in [6.07, 6.45) is 3.57. The van der Waals surface area contributed by atoms with Crippen LogP contribution in [-0.2, 0) is 16.4 Å². The molecule has 1 aliphatic carbocycles. The summed E-state index contributed by atoms with van der Waals surface area (Å²) >= 11 is 1.32. The number of benzene rings is 3. The summed E-state index contributed by atoms with van der Waals surface area (Å²) in [5.74, 6) is 1.73. The van der Waals surface area contributed by atoms with Crippen LogP contribution in [-0.4, -0.2) is 81.0 Å². The van der Waals surface area contributed by atoms with Crippen LogP contribution in [0.25, 0.3) is 33.1 Å². The van der Waals surface area contributed by atoms with E-state index in [1.165, 1.54) is 15.6 Å². The molecule has 1 unspecified atom stereocenters. The number of aromatic nitrogens is 2. The fraction of sp³-hybridized carbons (Fsp3) is 0.357. The van der Waals surface area contributed by atoms with Gasteiger partial charge in [0, 0.05) is 42.5 Å².